The highest BCUT2D eigenvalue weighted by Crippen LogP contribution is 2.18. The van der Waals surface area contributed by atoms with Crippen molar-refractivity contribution in [2.75, 3.05) is 37.6 Å². The van der Waals surface area contributed by atoms with E-state index in [1.165, 1.54) is 5.69 Å². The highest BCUT2D eigenvalue weighted by molar-refractivity contribution is 5.81. The first-order chi connectivity index (χ1) is 14.2. The van der Waals surface area contributed by atoms with Crippen LogP contribution in [0.2, 0.25) is 0 Å². The number of piperazine rings is 1. The Kier molecular flexibility index (Phi) is 5.27. The summed E-state index contributed by atoms with van der Waals surface area (Å²) < 4.78 is 0. The van der Waals surface area contributed by atoms with Crippen molar-refractivity contribution in [3.05, 3.63) is 76.5 Å². The zero-order valence-corrected chi connectivity index (χ0v) is 15.9. The molecule has 3 aromatic rings. The summed E-state index contributed by atoms with van der Waals surface area (Å²) in [4.78, 5) is 23.6. The van der Waals surface area contributed by atoms with Crippen molar-refractivity contribution in [2.45, 2.75) is 0 Å². The van der Waals surface area contributed by atoms with E-state index in [2.05, 4.69) is 31.9 Å². The van der Waals surface area contributed by atoms with E-state index in [1.54, 1.807) is 24.3 Å². The number of aliphatic hydroxyl groups excluding tert-OH is 1. The van der Waals surface area contributed by atoms with Crippen LogP contribution >= 0.6 is 0 Å². The van der Waals surface area contributed by atoms with Crippen LogP contribution in [-0.2, 0) is 0 Å². The van der Waals surface area contributed by atoms with Crippen LogP contribution in [0.15, 0.2) is 65.2 Å². The fourth-order valence-electron chi connectivity index (χ4n) is 3.55. The number of aliphatic hydroxyl groups is 1. The van der Waals surface area contributed by atoms with E-state index in [0.29, 0.717) is 10.9 Å². The van der Waals surface area contributed by atoms with Crippen molar-refractivity contribution in [3.63, 3.8) is 0 Å². The van der Waals surface area contributed by atoms with Gasteiger partial charge < -0.3 is 15.0 Å². The number of H-pyrrole nitrogens is 1. The number of anilines is 1. The van der Waals surface area contributed by atoms with Gasteiger partial charge in [0.1, 0.15) is 17.4 Å². The van der Waals surface area contributed by atoms with E-state index < -0.39 is 0 Å². The van der Waals surface area contributed by atoms with Gasteiger partial charge in [-0.15, -0.1) is 0 Å². The molecule has 0 saturated carbocycles. The third kappa shape index (κ3) is 3.98. The highest BCUT2D eigenvalue weighted by atomic mass is 16.3. The van der Waals surface area contributed by atoms with Crippen molar-refractivity contribution in [1.29, 1.82) is 5.26 Å². The Morgan fingerprint density at radius 2 is 1.76 bits per heavy atom. The third-order valence-electron chi connectivity index (χ3n) is 5.12. The number of aromatic amines is 1. The van der Waals surface area contributed by atoms with Gasteiger partial charge in [-0.3, -0.25) is 9.69 Å². The molecule has 1 fully saturated rings. The zero-order valence-electron chi connectivity index (χ0n) is 15.9. The Hall–Kier alpha value is -3.63. The van der Waals surface area contributed by atoms with Crippen molar-refractivity contribution in [3.8, 4) is 6.07 Å². The molecule has 146 valence electrons. The summed E-state index contributed by atoms with van der Waals surface area (Å²) in [7, 11) is 0. The van der Waals surface area contributed by atoms with Crippen LogP contribution < -0.4 is 10.5 Å². The summed E-state index contributed by atoms with van der Waals surface area (Å²) in [6.45, 7) is 3.44. The summed E-state index contributed by atoms with van der Waals surface area (Å²) in [5.74, 6) is 0.00992. The van der Waals surface area contributed by atoms with Gasteiger partial charge in [0.05, 0.1) is 17.4 Å². The van der Waals surface area contributed by atoms with Gasteiger partial charge >= 0.3 is 0 Å². The number of rotatable bonds is 4. The predicted octanol–water partition coefficient (Wildman–Crippen LogP) is 2.54. The molecule has 7 heteroatoms. The molecule has 0 radical (unpaired) electrons. The molecule has 2 heterocycles. The van der Waals surface area contributed by atoms with Crippen LogP contribution in [0.5, 0.6) is 0 Å². The molecule has 0 unspecified atom stereocenters. The van der Waals surface area contributed by atoms with Crippen LogP contribution in [0.25, 0.3) is 16.5 Å². The Morgan fingerprint density at radius 1 is 1.07 bits per heavy atom. The van der Waals surface area contributed by atoms with Gasteiger partial charge in [-0.05, 0) is 24.3 Å². The number of nitrogens with zero attached hydrogens (tertiary/aromatic N) is 4. The molecule has 1 aliphatic heterocycles. The van der Waals surface area contributed by atoms with Gasteiger partial charge in [0.15, 0.2) is 5.82 Å². The number of hydrogen-bond acceptors (Lipinski definition) is 6. The van der Waals surface area contributed by atoms with Gasteiger partial charge in [-0.2, -0.15) is 5.26 Å². The first-order valence-corrected chi connectivity index (χ1v) is 9.49. The number of fused-ring (bicyclic) bond motifs is 1. The van der Waals surface area contributed by atoms with E-state index in [1.807, 2.05) is 24.3 Å². The van der Waals surface area contributed by atoms with Gasteiger partial charge in [0.25, 0.3) is 5.56 Å². The minimum Gasteiger partial charge on any atom is -0.509 e. The summed E-state index contributed by atoms with van der Waals surface area (Å²) in [5.41, 5.74) is 1.34. The minimum absolute atomic E-state index is 0.00154. The molecule has 1 aromatic heterocycles. The van der Waals surface area contributed by atoms with Crippen LogP contribution in [0, 0.1) is 11.3 Å². The standard InChI is InChI=1S/C22H21N5O2/c23-14-18(21-24-19-9-5-4-8-17(19)22(29)25-21)20(28)15-26-10-12-27(13-11-26)16-6-2-1-3-7-16/h1-9,28H,10-13,15H2,(H,24,25,29). The quantitative estimate of drug-likeness (QED) is 0.528. The Balaban J connectivity index is 1.51. The second-order valence-corrected chi connectivity index (χ2v) is 6.96. The fraction of sp³-hybridized carbons (Fsp3) is 0.227. The Morgan fingerprint density at radius 3 is 2.48 bits per heavy atom. The molecular weight excluding hydrogens is 366 g/mol. The monoisotopic (exact) mass is 387 g/mol. The molecule has 7 nitrogen and oxygen atoms in total. The number of allylic oxidation sites excluding steroid dienone is 1. The summed E-state index contributed by atoms with van der Waals surface area (Å²) in [6.07, 6.45) is 0. The average molecular weight is 387 g/mol. The van der Waals surface area contributed by atoms with Gasteiger partial charge in [0.2, 0.25) is 0 Å². The average Bonchev–Trinajstić information content (AvgIpc) is 2.75. The van der Waals surface area contributed by atoms with Crippen LogP contribution in [0.3, 0.4) is 0 Å². The number of hydrogen-bond donors (Lipinski definition) is 2. The van der Waals surface area contributed by atoms with E-state index in [9.17, 15) is 15.2 Å². The lowest BCUT2D eigenvalue weighted by Gasteiger charge is -2.36. The van der Waals surface area contributed by atoms with E-state index in [0.717, 1.165) is 26.2 Å². The maximum absolute atomic E-state index is 12.3. The number of benzene rings is 2. The zero-order chi connectivity index (χ0) is 20.2. The van der Waals surface area contributed by atoms with Crippen molar-refractivity contribution in [2.24, 2.45) is 0 Å². The van der Waals surface area contributed by atoms with E-state index >= 15 is 0 Å². The molecular formula is C22H21N5O2. The smallest absolute Gasteiger partial charge is 0.259 e. The lowest BCUT2D eigenvalue weighted by atomic mass is 10.2. The molecule has 1 aliphatic rings. The van der Waals surface area contributed by atoms with Crippen LogP contribution in [0.4, 0.5) is 5.69 Å². The molecule has 0 spiro atoms. The molecule has 1 saturated heterocycles. The molecule has 0 bridgehead atoms. The maximum Gasteiger partial charge on any atom is 0.259 e. The second kappa shape index (κ2) is 8.17. The SMILES string of the molecule is N#CC(=C(O)CN1CCN(c2ccccc2)CC1)c1nc2ccccc2c(=O)[nH]1. The number of nitriles is 1. The van der Waals surface area contributed by atoms with Crippen molar-refractivity contribution < 1.29 is 5.11 Å². The predicted molar refractivity (Wildman–Crippen MR) is 113 cm³/mol. The lowest BCUT2D eigenvalue weighted by Crippen LogP contribution is -2.47. The van der Waals surface area contributed by atoms with Gasteiger partial charge in [0, 0.05) is 31.9 Å². The number of nitrogens with one attached hydrogen (secondary N) is 1. The molecule has 0 aliphatic carbocycles. The Bertz CT molecular complexity index is 1140. The summed E-state index contributed by atoms with van der Waals surface area (Å²) in [5, 5.41) is 20.6. The first kappa shape index (κ1) is 18.7. The highest BCUT2D eigenvalue weighted by Gasteiger charge is 2.20. The van der Waals surface area contributed by atoms with Gasteiger partial charge in [-0.25, -0.2) is 4.98 Å². The van der Waals surface area contributed by atoms with Crippen molar-refractivity contribution in [1.82, 2.24) is 14.9 Å². The maximum atomic E-state index is 12.3. The van der Waals surface area contributed by atoms with Crippen molar-refractivity contribution >= 4 is 22.2 Å². The van der Waals surface area contributed by atoms with Crippen LogP contribution in [0.1, 0.15) is 5.82 Å². The molecule has 0 amide bonds. The fourth-order valence-corrected chi connectivity index (χ4v) is 3.55. The van der Waals surface area contributed by atoms with E-state index in [-0.39, 0.29) is 29.3 Å². The first-order valence-electron chi connectivity index (χ1n) is 9.49. The summed E-state index contributed by atoms with van der Waals surface area (Å²) in [6, 6.07) is 19.1. The lowest BCUT2D eigenvalue weighted by molar-refractivity contribution is 0.239. The minimum atomic E-state index is -0.331. The molecule has 2 N–H and O–H groups in total. The summed E-state index contributed by atoms with van der Waals surface area (Å²) >= 11 is 0. The molecule has 29 heavy (non-hydrogen) atoms. The van der Waals surface area contributed by atoms with Gasteiger partial charge in [-0.1, -0.05) is 30.3 Å². The normalized spacial score (nSPS) is 15.8. The third-order valence-corrected chi connectivity index (χ3v) is 5.12. The second-order valence-electron chi connectivity index (χ2n) is 6.96. The van der Waals surface area contributed by atoms with Crippen LogP contribution in [-0.4, -0.2) is 52.7 Å². The Labute approximate surface area is 168 Å². The number of para-hydroxylation sites is 2. The number of aromatic nitrogens is 2. The molecule has 2 aromatic carbocycles. The molecule has 4 rings (SSSR count). The largest absolute Gasteiger partial charge is 0.509 e. The van der Waals surface area contributed by atoms with E-state index in [4.69, 9.17) is 0 Å². The topological polar surface area (TPSA) is 96.2 Å². The molecule has 0 atom stereocenters.